The third-order valence-corrected chi connectivity index (χ3v) is 82.7. The Morgan fingerprint density at radius 3 is 1.28 bits per heavy atom. The summed E-state index contributed by atoms with van der Waals surface area (Å²) in [5, 5.41) is 12.2. The number of hydrogen-bond donors (Lipinski definition) is 1. The maximum atomic E-state index is 16.9. The average molecular weight is 2080 g/mol. The number of esters is 1. The van der Waals surface area contributed by atoms with E-state index in [0.717, 1.165) is 207 Å². The molecule has 794 valence electrons. The van der Waals surface area contributed by atoms with Gasteiger partial charge in [0, 0.05) is 7.11 Å². The van der Waals surface area contributed by atoms with Crippen LogP contribution in [0.2, 0.25) is 163 Å². The highest BCUT2D eigenvalue weighted by atomic mass is 28.4. The molecular formula is C108H206O20Si9. The minimum absolute atomic E-state index is 0.0294. The van der Waals surface area contributed by atoms with Crippen LogP contribution >= 0.6 is 0 Å². The van der Waals surface area contributed by atoms with Gasteiger partial charge in [-0.1, -0.05) is 264 Å². The van der Waals surface area contributed by atoms with Gasteiger partial charge in [-0.25, -0.2) is 4.79 Å². The number of methoxy groups -OCH3 is 1. The van der Waals surface area contributed by atoms with Crippen LogP contribution in [0, 0.1) is 44.8 Å². The Kier molecular flexibility index (Phi) is 43.9. The first-order valence-corrected chi connectivity index (χ1v) is 79.5. The van der Waals surface area contributed by atoms with Gasteiger partial charge in [-0.05, 0) is 273 Å². The number of aliphatic carboxylic acids is 1. The van der Waals surface area contributed by atoms with Crippen molar-refractivity contribution < 1.29 is 92.4 Å². The lowest BCUT2D eigenvalue weighted by molar-refractivity contribution is -0.391. The summed E-state index contributed by atoms with van der Waals surface area (Å²) in [5.41, 5.74) is -0.845. The van der Waals surface area contributed by atoms with Crippen molar-refractivity contribution in [3.05, 3.63) is 47.5 Å². The Morgan fingerprint density at radius 1 is 0.401 bits per heavy atom. The van der Waals surface area contributed by atoms with Crippen LogP contribution in [-0.2, 0) is 93.9 Å². The third kappa shape index (κ3) is 24.0. The molecule has 5 aliphatic carbocycles. The van der Waals surface area contributed by atoms with Crippen LogP contribution in [0.25, 0.3) is 0 Å². The maximum absolute atomic E-state index is 16.9. The fourth-order valence-corrected chi connectivity index (χ4v) is 53.6. The van der Waals surface area contributed by atoms with Gasteiger partial charge >= 0.3 is 11.9 Å². The number of carbonyl (C=O) groups is 2. The van der Waals surface area contributed by atoms with E-state index in [4.69, 9.17) is 77.7 Å². The number of benzene rings is 1. The van der Waals surface area contributed by atoms with Crippen molar-refractivity contribution in [2.75, 3.05) is 20.3 Å². The van der Waals surface area contributed by atoms with Crippen molar-refractivity contribution in [3.8, 4) is 0 Å². The monoisotopic (exact) mass is 2080 g/mol. The van der Waals surface area contributed by atoms with Crippen LogP contribution in [0.3, 0.4) is 0 Å². The smallest absolute Gasteiger partial charge is 0.338 e. The quantitative estimate of drug-likeness (QED) is 0.0278. The zero-order chi connectivity index (χ0) is 102. The number of hydrogen-bond acceptors (Lipinski definition) is 19. The number of ether oxygens (including phenoxy) is 8. The highest BCUT2D eigenvalue weighted by molar-refractivity contribution is 6.77. The molecule has 0 bridgehead atoms. The van der Waals surface area contributed by atoms with Gasteiger partial charge in [0.25, 0.3) is 0 Å². The van der Waals surface area contributed by atoms with Crippen LogP contribution in [0.15, 0.2) is 42.0 Å². The molecule has 4 saturated carbocycles. The summed E-state index contributed by atoms with van der Waals surface area (Å²) in [6.45, 7) is 77.4. The Labute approximate surface area is 846 Å². The Balaban J connectivity index is 1.39. The molecule has 8 aliphatic rings. The SMILES string of the molecule is CC[Si](CC)(CC)OCC1O[C@@H](OC2[C@H](O[C@H]3CCC4(C)C5CC=C6C7CC(C)(C)CC[C@]7(C(=O)O)[C@@H](O[Si](CC)(CC)CC)C[C@@]6(C)C5(C)CC[C@H]4[C@@]3(C)OC)OC(C(=O)OCc3ccccc3)[C@@H](O[Si](CC)(CC)CC)[C@@H]2O[C@@H]2OC[C@@H](O[Si](CC)(CC)CC)[C@H](O[Si](CC)(CC)CC)C2O[Si](CC)(CC)CC)C(O[Si](CC)(CC)CC)[C@@H](O[Si](CC)(CC)CC)[C@H]1O[Si](CC)(CC)CC. The van der Waals surface area contributed by atoms with E-state index in [1.54, 1.807) is 0 Å². The fraction of sp³-hybridized carbons (Fsp3) is 0.907. The van der Waals surface area contributed by atoms with Gasteiger partial charge in [0.15, 0.2) is 99.8 Å². The Bertz CT molecular complexity index is 3780. The minimum Gasteiger partial charge on any atom is -0.481 e. The van der Waals surface area contributed by atoms with Crippen molar-refractivity contribution in [3.63, 3.8) is 0 Å². The van der Waals surface area contributed by atoms with E-state index < -0.39 is 196 Å². The molecule has 3 saturated heterocycles. The number of carboxylic acids is 1. The van der Waals surface area contributed by atoms with Crippen LogP contribution < -0.4 is 0 Å². The van der Waals surface area contributed by atoms with Crippen LogP contribution in [-0.4, -0.2) is 216 Å². The summed E-state index contributed by atoms with van der Waals surface area (Å²) in [4.78, 5) is 31.7. The van der Waals surface area contributed by atoms with E-state index in [1.165, 1.54) is 5.57 Å². The van der Waals surface area contributed by atoms with Crippen LogP contribution in [0.5, 0.6) is 0 Å². The van der Waals surface area contributed by atoms with Crippen LogP contribution in [0.1, 0.15) is 292 Å². The molecule has 0 radical (unpaired) electrons. The molecule has 20 nitrogen and oxygen atoms in total. The van der Waals surface area contributed by atoms with Gasteiger partial charge in [-0.3, -0.25) is 4.79 Å². The van der Waals surface area contributed by atoms with E-state index in [1.807, 2.05) is 37.4 Å². The maximum Gasteiger partial charge on any atom is 0.338 e. The lowest BCUT2D eigenvalue weighted by atomic mass is 9.34. The highest BCUT2D eigenvalue weighted by Gasteiger charge is 2.74. The van der Waals surface area contributed by atoms with Crippen molar-refractivity contribution in [1.29, 1.82) is 0 Å². The molecule has 24 atom stereocenters. The van der Waals surface area contributed by atoms with Gasteiger partial charge < -0.3 is 82.8 Å². The fourth-order valence-electron chi connectivity index (χ4n) is 28.2. The summed E-state index contributed by atoms with van der Waals surface area (Å²) in [6.07, 6.45) is -5.60. The second kappa shape index (κ2) is 50.2. The van der Waals surface area contributed by atoms with Gasteiger partial charge in [-0.15, -0.1) is 0 Å². The topological polar surface area (TPSA) is 211 Å². The summed E-state index contributed by atoms with van der Waals surface area (Å²) >= 11 is 0. The van der Waals surface area contributed by atoms with Crippen LogP contribution in [0.4, 0.5) is 0 Å². The first kappa shape index (κ1) is 120. The molecular weight excluding hydrogens is 1870 g/mol. The minimum atomic E-state index is -2.97. The zero-order valence-electron chi connectivity index (χ0n) is 93.7. The second-order valence-electron chi connectivity index (χ2n) is 45.5. The number of carboxylic acid groups (broad SMARTS) is 1. The zero-order valence-corrected chi connectivity index (χ0v) is 103. The molecule has 9 rings (SSSR count). The first-order chi connectivity index (χ1) is 65.1. The molecule has 0 amide bonds. The second-order valence-corrected chi connectivity index (χ2v) is 88.1. The molecule has 0 aromatic heterocycles. The molecule has 0 spiro atoms. The molecule has 1 aromatic rings. The Hall–Kier alpha value is -0.788. The van der Waals surface area contributed by atoms with E-state index >= 15 is 4.79 Å². The summed E-state index contributed by atoms with van der Waals surface area (Å²) in [6, 6.07) is 33.7. The van der Waals surface area contributed by atoms with Crippen molar-refractivity contribution >= 4 is 86.8 Å². The van der Waals surface area contributed by atoms with E-state index in [0.29, 0.717) is 19.3 Å². The largest absolute Gasteiger partial charge is 0.481 e. The molecule has 3 aliphatic heterocycles. The van der Waals surface area contributed by atoms with Gasteiger partial charge in [0.05, 0.1) is 42.5 Å². The molecule has 137 heavy (non-hydrogen) atoms. The van der Waals surface area contributed by atoms with E-state index in [-0.39, 0.29) is 59.2 Å². The first-order valence-electron chi connectivity index (χ1n) is 56.7. The summed E-state index contributed by atoms with van der Waals surface area (Å²) < 4.78 is 138. The number of allylic oxidation sites excluding steroid dienone is 2. The molecule has 7 fully saturated rings. The third-order valence-electron chi connectivity index (χ3n) is 40.9. The van der Waals surface area contributed by atoms with E-state index in [9.17, 15) is 9.90 Å². The van der Waals surface area contributed by atoms with Crippen molar-refractivity contribution in [1.82, 2.24) is 0 Å². The summed E-state index contributed by atoms with van der Waals surface area (Å²) in [7, 11) is -21.6. The van der Waals surface area contributed by atoms with Gasteiger partial charge in [-0.2, -0.15) is 0 Å². The van der Waals surface area contributed by atoms with Gasteiger partial charge in [0.1, 0.15) is 61.5 Å². The predicted octanol–water partition coefficient (Wildman–Crippen LogP) is 28.7. The lowest BCUT2D eigenvalue weighted by Crippen LogP contribution is -2.72. The van der Waals surface area contributed by atoms with Crippen molar-refractivity contribution in [2.45, 2.75) is 560 Å². The number of carbonyl (C=O) groups excluding carboxylic acids is 1. The number of fused-ring (bicyclic) bond motifs is 7. The normalized spacial score (nSPS) is 33.7. The van der Waals surface area contributed by atoms with Crippen molar-refractivity contribution in [2.24, 2.45) is 44.8 Å². The molecule has 1 N–H and O–H groups in total. The molecule has 29 heteroatoms. The lowest BCUT2D eigenvalue weighted by Gasteiger charge is -2.72. The Morgan fingerprint density at radius 2 is 0.818 bits per heavy atom. The summed E-state index contributed by atoms with van der Waals surface area (Å²) in [5.74, 6) is -1.35. The molecule has 9 unspecified atom stereocenters. The molecule has 3 heterocycles. The highest BCUT2D eigenvalue weighted by Crippen LogP contribution is 2.76. The number of rotatable bonds is 57. The van der Waals surface area contributed by atoms with Gasteiger partial charge in [0.2, 0.25) is 0 Å². The molecule has 1 aromatic carbocycles. The standard InChI is InChI=1S/C108H206O20Si9/c1-35-129(36-2,37-3)115-79-83-89(123-132(44-10,45-11)46-12)92(125-134(50-16,51-17)52-18)97(128-137(59-25,60-26)61-27)101(116-83)120-95-91(118-99-96(127-136(56-22,57-23)58-24)90(124-133(47-13,48-14)49-15)84(78-114-99)121-130(38-4,39-5)40-6)93(126-135(53-19,54-20)55-21)94(98(109)113-77-80-65-63-62-64-66-80)119-100(95)117-87-70-71-104(30)85-68-67-81-82-75-103(28,29)73-74-108(82,102(110)111)88(122-131(41-7,42-8)43-9)76-106(81,32)105(85,31)72-69-86(104)107(87,33)112-34/h62-67,82-97,99-101H,35-61,68-79H2,1-34H3,(H,110,111)/t82?,83?,84-,85?,86-,87+,88+,89+,90+,91+,92+,93+,94?,95?,96?,97?,99+,100-,101+,104?,105?,106-,107-,108-/m1/s1. The van der Waals surface area contributed by atoms with E-state index in [2.05, 4.69) is 235 Å². The average Bonchev–Trinajstić information content (AvgIpc) is 0.667. The predicted molar refractivity (Wildman–Crippen MR) is 581 cm³/mol.